The van der Waals surface area contributed by atoms with Crippen molar-refractivity contribution in [2.75, 3.05) is 38.0 Å². The number of carbonyl (C=O) groups excluding carboxylic acids is 1. The van der Waals surface area contributed by atoms with E-state index in [9.17, 15) is 9.59 Å². The Balaban J connectivity index is 1.13. The zero-order valence-electron chi connectivity index (χ0n) is 18.9. The fraction of sp³-hybridized carbons (Fsp3) is 0.269. The fourth-order valence-electron chi connectivity index (χ4n) is 4.31. The Labute approximate surface area is 202 Å². The van der Waals surface area contributed by atoms with E-state index < -0.39 is 0 Å². The van der Waals surface area contributed by atoms with Gasteiger partial charge in [-0.25, -0.2) is 4.98 Å². The molecule has 7 nitrogen and oxygen atoms in total. The van der Waals surface area contributed by atoms with E-state index in [1.54, 1.807) is 16.7 Å². The molecule has 0 unspecified atom stereocenters. The number of piperazine rings is 1. The zero-order chi connectivity index (χ0) is 23.3. The van der Waals surface area contributed by atoms with E-state index in [1.165, 1.54) is 16.9 Å². The van der Waals surface area contributed by atoms with E-state index in [0.29, 0.717) is 13.1 Å². The van der Waals surface area contributed by atoms with Crippen molar-refractivity contribution >= 4 is 27.9 Å². The van der Waals surface area contributed by atoms with Crippen molar-refractivity contribution in [3.05, 3.63) is 99.4 Å². The van der Waals surface area contributed by atoms with Crippen LogP contribution in [0, 0.1) is 0 Å². The number of hydrogen-bond acceptors (Lipinski definition) is 6. The van der Waals surface area contributed by atoms with Gasteiger partial charge in [0.05, 0.1) is 12.2 Å². The molecule has 1 aliphatic rings. The second-order valence-corrected chi connectivity index (χ2v) is 9.43. The van der Waals surface area contributed by atoms with Gasteiger partial charge in [-0.1, -0.05) is 48.5 Å². The minimum atomic E-state index is -0.0379. The standard InChI is InChI=1S/C26H27N5O2S/c32-24(28-23-9-5-4-8-21(23)16-20-6-2-1-3-7-20)19-30-12-10-29(11-13-30)18-22-17-25(33)31-14-15-34-26(31)27-22/h1-9,14-15,17H,10-13,16,18-19H2,(H,28,32). The highest BCUT2D eigenvalue weighted by Crippen LogP contribution is 2.19. The third-order valence-electron chi connectivity index (χ3n) is 6.10. The maximum absolute atomic E-state index is 12.8. The number of para-hydroxylation sites is 1. The molecule has 4 aromatic rings. The summed E-state index contributed by atoms with van der Waals surface area (Å²) >= 11 is 1.47. The van der Waals surface area contributed by atoms with Crippen molar-refractivity contribution in [1.82, 2.24) is 19.2 Å². The van der Waals surface area contributed by atoms with E-state index in [1.807, 2.05) is 41.8 Å². The van der Waals surface area contributed by atoms with Crippen LogP contribution in [-0.2, 0) is 17.8 Å². The molecule has 5 rings (SSSR count). The molecule has 8 heteroatoms. The summed E-state index contributed by atoms with van der Waals surface area (Å²) < 4.78 is 1.57. The molecule has 174 valence electrons. The zero-order valence-corrected chi connectivity index (χ0v) is 19.7. The molecule has 0 atom stereocenters. The average molecular weight is 474 g/mol. The Bertz CT molecular complexity index is 1330. The summed E-state index contributed by atoms with van der Waals surface area (Å²) in [6, 6.07) is 19.9. The van der Waals surface area contributed by atoms with Gasteiger partial charge in [-0.3, -0.25) is 23.8 Å². The van der Waals surface area contributed by atoms with Crippen LogP contribution in [0.1, 0.15) is 16.8 Å². The van der Waals surface area contributed by atoms with Crippen LogP contribution in [-0.4, -0.2) is 57.8 Å². The second kappa shape index (κ2) is 10.3. The molecule has 2 aromatic carbocycles. The quantitative estimate of drug-likeness (QED) is 0.447. The minimum Gasteiger partial charge on any atom is -0.325 e. The number of fused-ring (bicyclic) bond motifs is 1. The molecule has 0 aliphatic carbocycles. The van der Waals surface area contributed by atoms with E-state index in [2.05, 4.69) is 38.3 Å². The lowest BCUT2D eigenvalue weighted by molar-refractivity contribution is -0.117. The lowest BCUT2D eigenvalue weighted by atomic mass is 10.0. The molecule has 1 fully saturated rings. The first-order valence-electron chi connectivity index (χ1n) is 11.5. The van der Waals surface area contributed by atoms with Crippen molar-refractivity contribution in [2.45, 2.75) is 13.0 Å². The van der Waals surface area contributed by atoms with Crippen LogP contribution in [0.25, 0.3) is 4.96 Å². The van der Waals surface area contributed by atoms with Gasteiger partial charge in [0.25, 0.3) is 5.56 Å². The SMILES string of the molecule is O=C(CN1CCN(Cc2cc(=O)n3ccsc3n2)CC1)Nc1ccccc1Cc1ccccc1. The molecule has 34 heavy (non-hydrogen) atoms. The van der Waals surface area contributed by atoms with E-state index in [4.69, 9.17) is 0 Å². The van der Waals surface area contributed by atoms with Crippen LogP contribution in [0.4, 0.5) is 5.69 Å². The Morgan fingerprint density at radius 3 is 2.53 bits per heavy atom. The summed E-state index contributed by atoms with van der Waals surface area (Å²) in [5.74, 6) is 0.00629. The third kappa shape index (κ3) is 5.41. The van der Waals surface area contributed by atoms with Gasteiger partial charge in [0.1, 0.15) is 0 Å². The normalized spacial score (nSPS) is 14.9. The van der Waals surface area contributed by atoms with Crippen LogP contribution >= 0.6 is 11.3 Å². The first-order valence-corrected chi connectivity index (χ1v) is 12.3. The van der Waals surface area contributed by atoms with Gasteiger partial charge in [-0.2, -0.15) is 0 Å². The monoisotopic (exact) mass is 473 g/mol. The summed E-state index contributed by atoms with van der Waals surface area (Å²) in [7, 11) is 0. The molecule has 3 heterocycles. The van der Waals surface area contributed by atoms with Crippen LogP contribution in [0.2, 0.25) is 0 Å². The van der Waals surface area contributed by atoms with Crippen molar-refractivity contribution < 1.29 is 4.79 Å². The van der Waals surface area contributed by atoms with Crippen LogP contribution < -0.4 is 10.9 Å². The third-order valence-corrected chi connectivity index (χ3v) is 6.86. The summed E-state index contributed by atoms with van der Waals surface area (Å²) in [5.41, 5.74) is 3.96. The Hall–Kier alpha value is -3.33. The summed E-state index contributed by atoms with van der Waals surface area (Å²) in [6.07, 6.45) is 2.54. The topological polar surface area (TPSA) is 70.0 Å². The van der Waals surface area contributed by atoms with Crippen LogP contribution in [0.5, 0.6) is 0 Å². The number of hydrogen-bond donors (Lipinski definition) is 1. The Morgan fingerprint density at radius 1 is 0.971 bits per heavy atom. The average Bonchev–Trinajstić information content (AvgIpc) is 3.32. The number of nitrogens with one attached hydrogen (secondary N) is 1. The molecular formula is C26H27N5O2S. The van der Waals surface area contributed by atoms with E-state index in [0.717, 1.165) is 54.5 Å². The fourth-order valence-corrected chi connectivity index (χ4v) is 5.05. The first kappa shape index (κ1) is 22.5. The van der Waals surface area contributed by atoms with E-state index >= 15 is 0 Å². The van der Waals surface area contributed by atoms with Crippen molar-refractivity contribution in [2.24, 2.45) is 0 Å². The van der Waals surface area contributed by atoms with Gasteiger partial charge >= 0.3 is 0 Å². The number of benzene rings is 2. The number of nitrogens with zero attached hydrogens (tertiary/aromatic N) is 4. The van der Waals surface area contributed by atoms with Gasteiger partial charge in [-0.15, -0.1) is 11.3 Å². The van der Waals surface area contributed by atoms with Crippen molar-refractivity contribution in [1.29, 1.82) is 0 Å². The smallest absolute Gasteiger partial charge is 0.258 e. The highest BCUT2D eigenvalue weighted by molar-refractivity contribution is 7.15. The van der Waals surface area contributed by atoms with Crippen LogP contribution in [0.3, 0.4) is 0 Å². The maximum Gasteiger partial charge on any atom is 0.258 e. The molecule has 1 aliphatic heterocycles. The molecule has 2 aromatic heterocycles. The molecule has 1 saturated heterocycles. The number of aromatic nitrogens is 2. The number of rotatable bonds is 7. The molecular weight excluding hydrogens is 446 g/mol. The highest BCUT2D eigenvalue weighted by atomic mass is 32.1. The molecule has 0 spiro atoms. The van der Waals surface area contributed by atoms with Gasteiger partial charge < -0.3 is 5.32 Å². The summed E-state index contributed by atoms with van der Waals surface area (Å²) in [6.45, 7) is 4.30. The molecule has 1 N–H and O–H groups in total. The molecule has 1 amide bonds. The van der Waals surface area contributed by atoms with Crippen molar-refractivity contribution in [3.8, 4) is 0 Å². The van der Waals surface area contributed by atoms with Gasteiger partial charge in [0.15, 0.2) is 4.96 Å². The number of carbonyl (C=O) groups is 1. The molecule has 0 bridgehead atoms. The predicted octanol–water partition coefficient (Wildman–Crippen LogP) is 3.10. The van der Waals surface area contributed by atoms with Crippen molar-refractivity contribution in [3.63, 3.8) is 0 Å². The lowest BCUT2D eigenvalue weighted by Crippen LogP contribution is -2.48. The summed E-state index contributed by atoms with van der Waals surface area (Å²) in [4.78, 5) is 34.8. The number of anilines is 1. The van der Waals surface area contributed by atoms with Gasteiger partial charge in [0.2, 0.25) is 5.91 Å². The predicted molar refractivity (Wildman–Crippen MR) is 135 cm³/mol. The number of thiazole rings is 1. The molecule has 0 saturated carbocycles. The van der Waals surface area contributed by atoms with Gasteiger partial charge in [-0.05, 0) is 23.6 Å². The minimum absolute atomic E-state index is 0.00629. The maximum atomic E-state index is 12.8. The van der Waals surface area contributed by atoms with Crippen LogP contribution in [0.15, 0.2) is 77.0 Å². The Morgan fingerprint density at radius 2 is 1.71 bits per heavy atom. The van der Waals surface area contributed by atoms with Gasteiger partial charge in [0, 0.05) is 56.1 Å². The largest absolute Gasteiger partial charge is 0.325 e. The number of amides is 1. The van der Waals surface area contributed by atoms with E-state index in [-0.39, 0.29) is 11.5 Å². The Kier molecular flexibility index (Phi) is 6.80. The first-order chi connectivity index (χ1) is 16.6. The second-order valence-electron chi connectivity index (χ2n) is 8.56. The lowest BCUT2D eigenvalue weighted by Gasteiger charge is -2.34. The highest BCUT2D eigenvalue weighted by Gasteiger charge is 2.20. The molecule has 0 radical (unpaired) electrons. The summed E-state index contributed by atoms with van der Waals surface area (Å²) in [5, 5.41) is 4.98.